The zero-order valence-electron chi connectivity index (χ0n) is 11.8. The largest absolute Gasteiger partial charge is 0.294 e. The quantitative estimate of drug-likeness (QED) is 0.866. The average Bonchev–Trinajstić information content (AvgIpc) is 2.58. The Hall–Kier alpha value is -1.73. The Balaban J connectivity index is 2.70. The zero-order chi connectivity index (χ0) is 15.1. The van der Waals surface area contributed by atoms with E-state index in [9.17, 15) is 13.2 Å². The first-order valence-electron chi connectivity index (χ1n) is 6.17. The van der Waals surface area contributed by atoms with Crippen molar-refractivity contribution in [2.75, 3.05) is 6.26 Å². The topological polar surface area (TPSA) is 80.5 Å². The molecule has 20 heavy (non-hydrogen) atoms. The summed E-state index contributed by atoms with van der Waals surface area (Å²) in [6.07, 6.45) is 2.71. The van der Waals surface area contributed by atoms with Gasteiger partial charge < -0.3 is 0 Å². The smallest absolute Gasteiger partial charge is 0.209 e. The molecule has 0 aliphatic heterocycles. The van der Waals surface area contributed by atoms with Crippen molar-refractivity contribution < 1.29 is 13.2 Å². The number of sulfonamides is 1. The number of rotatable bonds is 4. The minimum absolute atomic E-state index is 0.0641. The minimum atomic E-state index is -3.34. The molecule has 0 bridgehead atoms. The SMILES string of the molecule is CC(=O)c1c(C)c(C(C)NS(C)(=O)=O)n2ncccc12. The van der Waals surface area contributed by atoms with Crippen molar-refractivity contribution in [2.24, 2.45) is 0 Å². The Labute approximate surface area is 117 Å². The van der Waals surface area contributed by atoms with Gasteiger partial charge in [0.25, 0.3) is 0 Å². The minimum Gasteiger partial charge on any atom is -0.294 e. The highest BCUT2D eigenvalue weighted by atomic mass is 32.2. The van der Waals surface area contributed by atoms with Crippen LogP contribution in [0.1, 0.15) is 41.5 Å². The first-order chi connectivity index (χ1) is 9.22. The molecule has 2 aromatic rings. The van der Waals surface area contributed by atoms with Gasteiger partial charge in [0.2, 0.25) is 10.0 Å². The van der Waals surface area contributed by atoms with Crippen LogP contribution in [0, 0.1) is 6.92 Å². The number of nitrogens with zero attached hydrogens (tertiary/aromatic N) is 2. The highest BCUT2D eigenvalue weighted by Gasteiger charge is 2.23. The summed E-state index contributed by atoms with van der Waals surface area (Å²) in [4.78, 5) is 11.8. The van der Waals surface area contributed by atoms with Gasteiger partial charge in [-0.1, -0.05) is 0 Å². The maximum Gasteiger partial charge on any atom is 0.209 e. The number of carbonyl (C=O) groups excluding carboxylic acids is 1. The van der Waals surface area contributed by atoms with Gasteiger partial charge in [-0.05, 0) is 38.5 Å². The lowest BCUT2D eigenvalue weighted by molar-refractivity contribution is 0.101. The lowest BCUT2D eigenvalue weighted by Gasteiger charge is -2.13. The Bertz CT molecular complexity index is 778. The summed E-state index contributed by atoms with van der Waals surface area (Å²) in [5, 5.41) is 4.23. The second-order valence-corrected chi connectivity index (χ2v) is 6.65. The molecule has 0 amide bonds. The number of hydrogen-bond donors (Lipinski definition) is 1. The molecule has 2 rings (SSSR count). The standard InChI is InChI=1S/C13H17N3O3S/c1-8-12(10(3)17)11-6-5-7-14-16(11)13(8)9(2)15-20(4,18)19/h5-7,9,15H,1-4H3. The van der Waals surface area contributed by atoms with E-state index in [0.29, 0.717) is 16.8 Å². The van der Waals surface area contributed by atoms with Crippen molar-refractivity contribution >= 4 is 21.3 Å². The molecule has 1 atom stereocenters. The van der Waals surface area contributed by atoms with E-state index < -0.39 is 16.1 Å². The van der Waals surface area contributed by atoms with Crippen molar-refractivity contribution in [1.82, 2.24) is 14.3 Å². The molecule has 0 aromatic carbocycles. The van der Waals surface area contributed by atoms with E-state index >= 15 is 0 Å². The summed E-state index contributed by atoms with van der Waals surface area (Å²) in [5.41, 5.74) is 2.70. The van der Waals surface area contributed by atoms with Crippen molar-refractivity contribution in [1.29, 1.82) is 0 Å². The Kier molecular flexibility index (Phi) is 3.66. The first-order valence-corrected chi connectivity index (χ1v) is 8.06. The monoisotopic (exact) mass is 295 g/mol. The third kappa shape index (κ3) is 2.59. The normalized spacial score (nSPS) is 13.6. The second-order valence-electron chi connectivity index (χ2n) is 4.87. The van der Waals surface area contributed by atoms with Crippen LogP contribution in [0.15, 0.2) is 18.3 Å². The molecule has 0 aliphatic carbocycles. The number of Topliss-reactive ketones (excluding diaryl/α,β-unsaturated/α-hetero) is 1. The number of fused-ring (bicyclic) bond motifs is 1. The van der Waals surface area contributed by atoms with Gasteiger partial charge in [-0.25, -0.2) is 17.7 Å². The molecule has 1 N–H and O–H groups in total. The highest BCUT2D eigenvalue weighted by molar-refractivity contribution is 7.88. The molecular formula is C13H17N3O3S. The van der Waals surface area contributed by atoms with E-state index in [1.807, 2.05) is 0 Å². The summed E-state index contributed by atoms with van der Waals surface area (Å²) in [7, 11) is -3.34. The van der Waals surface area contributed by atoms with Crippen LogP contribution in [-0.4, -0.2) is 30.1 Å². The van der Waals surface area contributed by atoms with E-state index in [1.165, 1.54) is 6.92 Å². The summed E-state index contributed by atoms with van der Waals surface area (Å²) in [6.45, 7) is 5.03. The number of carbonyl (C=O) groups is 1. The van der Waals surface area contributed by atoms with Gasteiger partial charge in [0, 0.05) is 11.8 Å². The molecule has 108 valence electrons. The van der Waals surface area contributed by atoms with Gasteiger partial charge >= 0.3 is 0 Å². The van der Waals surface area contributed by atoms with Gasteiger partial charge in [-0.2, -0.15) is 5.10 Å². The highest BCUT2D eigenvalue weighted by Crippen LogP contribution is 2.27. The van der Waals surface area contributed by atoms with E-state index in [-0.39, 0.29) is 5.78 Å². The summed E-state index contributed by atoms with van der Waals surface area (Å²) in [5.74, 6) is -0.0641. The fourth-order valence-corrected chi connectivity index (χ4v) is 3.32. The molecule has 0 fully saturated rings. The molecular weight excluding hydrogens is 278 g/mol. The number of hydrogen-bond acceptors (Lipinski definition) is 4. The number of ketones is 1. The fraction of sp³-hybridized carbons (Fsp3) is 0.385. The average molecular weight is 295 g/mol. The summed E-state index contributed by atoms with van der Waals surface area (Å²) >= 11 is 0. The van der Waals surface area contributed by atoms with E-state index in [2.05, 4.69) is 9.82 Å². The summed E-state index contributed by atoms with van der Waals surface area (Å²) in [6, 6.07) is 3.08. The lowest BCUT2D eigenvalue weighted by Crippen LogP contribution is -2.27. The van der Waals surface area contributed by atoms with Crippen molar-refractivity contribution in [3.63, 3.8) is 0 Å². The molecule has 1 unspecified atom stereocenters. The predicted octanol–water partition coefficient (Wildman–Crippen LogP) is 1.46. The van der Waals surface area contributed by atoms with Crippen LogP contribution in [0.4, 0.5) is 0 Å². The molecule has 7 heteroatoms. The van der Waals surface area contributed by atoms with E-state index in [4.69, 9.17) is 0 Å². The maximum atomic E-state index is 11.8. The third-order valence-corrected chi connectivity index (χ3v) is 3.93. The molecule has 0 saturated heterocycles. The van der Waals surface area contributed by atoms with Crippen molar-refractivity contribution in [3.8, 4) is 0 Å². The maximum absolute atomic E-state index is 11.8. The van der Waals surface area contributed by atoms with Gasteiger partial charge in [0.15, 0.2) is 5.78 Å². The van der Waals surface area contributed by atoms with Crippen LogP contribution in [0.2, 0.25) is 0 Å². The molecule has 6 nitrogen and oxygen atoms in total. The molecule has 0 saturated carbocycles. The Morgan fingerprint density at radius 2 is 2.10 bits per heavy atom. The fourth-order valence-electron chi connectivity index (χ4n) is 2.56. The summed E-state index contributed by atoms with van der Waals surface area (Å²) < 4.78 is 26.9. The van der Waals surface area contributed by atoms with Gasteiger partial charge in [-0.3, -0.25) is 4.79 Å². The predicted molar refractivity (Wildman–Crippen MR) is 76.3 cm³/mol. The van der Waals surface area contributed by atoms with Crippen molar-refractivity contribution in [3.05, 3.63) is 35.2 Å². The molecule has 2 heterocycles. The second kappa shape index (κ2) is 4.99. The number of aromatic nitrogens is 2. The lowest BCUT2D eigenvalue weighted by atomic mass is 10.1. The Morgan fingerprint density at radius 3 is 2.65 bits per heavy atom. The van der Waals surface area contributed by atoms with Crippen LogP contribution < -0.4 is 4.72 Å². The zero-order valence-corrected chi connectivity index (χ0v) is 12.7. The van der Waals surface area contributed by atoms with Crippen LogP contribution in [0.25, 0.3) is 5.52 Å². The van der Waals surface area contributed by atoms with Crippen LogP contribution in [0.3, 0.4) is 0 Å². The molecule has 0 radical (unpaired) electrons. The van der Waals surface area contributed by atoms with Crippen molar-refractivity contribution in [2.45, 2.75) is 26.8 Å². The van der Waals surface area contributed by atoms with Crippen LogP contribution in [-0.2, 0) is 10.0 Å². The van der Waals surface area contributed by atoms with E-state index in [1.54, 1.807) is 36.7 Å². The van der Waals surface area contributed by atoms with Gasteiger partial charge in [0.1, 0.15) is 0 Å². The third-order valence-electron chi connectivity index (χ3n) is 3.15. The van der Waals surface area contributed by atoms with E-state index in [0.717, 1.165) is 11.8 Å². The van der Waals surface area contributed by atoms with Crippen LogP contribution >= 0.6 is 0 Å². The van der Waals surface area contributed by atoms with Gasteiger partial charge in [0.05, 0.1) is 23.5 Å². The van der Waals surface area contributed by atoms with Gasteiger partial charge in [-0.15, -0.1) is 0 Å². The molecule has 2 aromatic heterocycles. The molecule has 0 aliphatic rings. The van der Waals surface area contributed by atoms with Crippen LogP contribution in [0.5, 0.6) is 0 Å². The molecule has 0 spiro atoms. The number of nitrogens with one attached hydrogen (secondary N) is 1. The Morgan fingerprint density at radius 1 is 1.45 bits per heavy atom. The first kappa shape index (κ1) is 14.7.